The summed E-state index contributed by atoms with van der Waals surface area (Å²) in [5.41, 5.74) is 0.797. The van der Waals surface area contributed by atoms with Crippen molar-refractivity contribution in [1.82, 2.24) is 20.1 Å². The number of alkyl carbamates (subject to hydrolysis) is 1. The van der Waals surface area contributed by atoms with Gasteiger partial charge in [-0.2, -0.15) is 5.10 Å². The summed E-state index contributed by atoms with van der Waals surface area (Å²) >= 11 is 5.79. The minimum atomic E-state index is -0.476. The van der Waals surface area contributed by atoms with Crippen molar-refractivity contribution in [2.24, 2.45) is 0 Å². The van der Waals surface area contributed by atoms with Crippen LogP contribution in [0.15, 0.2) is 30.7 Å². The third-order valence-corrected chi connectivity index (χ3v) is 2.71. The molecule has 0 fully saturated rings. The second kappa shape index (κ2) is 5.71. The molecule has 2 heterocycles. The molecule has 0 spiro atoms. The van der Waals surface area contributed by atoms with Gasteiger partial charge in [-0.25, -0.2) is 14.5 Å². The van der Waals surface area contributed by atoms with Gasteiger partial charge in [0.25, 0.3) is 0 Å². The lowest BCUT2D eigenvalue weighted by Gasteiger charge is -2.13. The highest BCUT2D eigenvalue weighted by atomic mass is 35.5. The maximum atomic E-state index is 11.1. The first-order chi connectivity index (χ1) is 9.10. The third-order valence-electron chi connectivity index (χ3n) is 2.51. The Kier molecular flexibility index (Phi) is 4.01. The number of ether oxygens (including phenoxy) is 1. The van der Waals surface area contributed by atoms with Crippen molar-refractivity contribution < 1.29 is 9.53 Å². The number of aromatic nitrogens is 3. The maximum absolute atomic E-state index is 11.1. The highest BCUT2D eigenvalue weighted by Crippen LogP contribution is 2.17. The fourth-order valence-electron chi connectivity index (χ4n) is 1.49. The highest BCUT2D eigenvalue weighted by molar-refractivity contribution is 6.30. The monoisotopic (exact) mass is 280 g/mol. The molecule has 0 saturated heterocycles. The first-order valence-electron chi connectivity index (χ1n) is 5.65. The van der Waals surface area contributed by atoms with Gasteiger partial charge in [0.1, 0.15) is 6.10 Å². The van der Waals surface area contributed by atoms with Crippen LogP contribution >= 0.6 is 11.6 Å². The molecule has 0 radical (unpaired) electrons. The molecule has 19 heavy (non-hydrogen) atoms. The van der Waals surface area contributed by atoms with Crippen LogP contribution in [-0.4, -0.2) is 27.9 Å². The van der Waals surface area contributed by atoms with Gasteiger partial charge >= 0.3 is 6.09 Å². The number of nitrogens with one attached hydrogen (secondary N) is 1. The standard InChI is InChI=1S/C12H13ClN4O2/c1-8(19-12(18)14-2)9-3-4-11(15-5-9)17-7-10(13)6-16-17/h3-8H,1-2H3,(H,14,18)/t8-/m0/s1. The highest BCUT2D eigenvalue weighted by Gasteiger charge is 2.11. The van der Waals surface area contributed by atoms with Crippen molar-refractivity contribution in [2.75, 3.05) is 7.05 Å². The zero-order valence-electron chi connectivity index (χ0n) is 10.5. The zero-order valence-corrected chi connectivity index (χ0v) is 11.3. The summed E-state index contributed by atoms with van der Waals surface area (Å²) in [6, 6.07) is 3.61. The average Bonchev–Trinajstić information content (AvgIpc) is 2.85. The third kappa shape index (κ3) is 3.23. The number of carbonyl (C=O) groups excluding carboxylic acids is 1. The second-order valence-electron chi connectivity index (χ2n) is 3.85. The quantitative estimate of drug-likeness (QED) is 0.937. The summed E-state index contributed by atoms with van der Waals surface area (Å²) in [7, 11) is 1.51. The van der Waals surface area contributed by atoms with E-state index in [1.807, 2.05) is 6.07 Å². The molecule has 0 aromatic carbocycles. The first kappa shape index (κ1) is 13.4. The number of hydrogen-bond acceptors (Lipinski definition) is 4. The molecule has 2 aromatic rings. The van der Waals surface area contributed by atoms with E-state index in [1.54, 1.807) is 30.1 Å². The summed E-state index contributed by atoms with van der Waals surface area (Å²) < 4.78 is 6.67. The summed E-state index contributed by atoms with van der Waals surface area (Å²) in [5.74, 6) is 0.641. The molecule has 1 amide bonds. The molecule has 0 saturated carbocycles. The van der Waals surface area contributed by atoms with E-state index in [2.05, 4.69) is 15.4 Å². The molecule has 100 valence electrons. The van der Waals surface area contributed by atoms with E-state index < -0.39 is 6.09 Å². The molecule has 0 unspecified atom stereocenters. The molecule has 6 nitrogen and oxygen atoms in total. The number of hydrogen-bond donors (Lipinski definition) is 1. The Morgan fingerprint density at radius 3 is 2.79 bits per heavy atom. The number of pyridine rings is 1. The Morgan fingerprint density at radius 2 is 2.26 bits per heavy atom. The smallest absolute Gasteiger partial charge is 0.407 e. The van der Waals surface area contributed by atoms with Gasteiger partial charge in [-0.1, -0.05) is 17.7 Å². The lowest BCUT2D eigenvalue weighted by molar-refractivity contribution is 0.109. The van der Waals surface area contributed by atoms with Gasteiger partial charge in [0, 0.05) is 18.8 Å². The van der Waals surface area contributed by atoms with Gasteiger partial charge in [0.05, 0.1) is 17.4 Å². The topological polar surface area (TPSA) is 69.0 Å². The van der Waals surface area contributed by atoms with Crippen LogP contribution in [0.4, 0.5) is 4.79 Å². The molecule has 0 aliphatic heterocycles. The fourth-order valence-corrected chi connectivity index (χ4v) is 1.62. The van der Waals surface area contributed by atoms with Crippen LogP contribution in [0.2, 0.25) is 5.02 Å². The second-order valence-corrected chi connectivity index (χ2v) is 4.29. The van der Waals surface area contributed by atoms with Crippen LogP contribution in [-0.2, 0) is 4.74 Å². The molecule has 1 N–H and O–H groups in total. The molecule has 1 atom stereocenters. The number of carbonyl (C=O) groups is 1. The molecule has 0 aliphatic carbocycles. The van der Waals surface area contributed by atoms with Gasteiger partial charge in [-0.05, 0) is 13.0 Å². The Balaban J connectivity index is 2.12. The van der Waals surface area contributed by atoms with Crippen LogP contribution in [0.25, 0.3) is 5.82 Å². The molecule has 0 bridgehead atoms. The molecular weight excluding hydrogens is 268 g/mol. The van der Waals surface area contributed by atoms with Crippen molar-refractivity contribution >= 4 is 17.7 Å². The minimum absolute atomic E-state index is 0.372. The molecular formula is C12H13ClN4O2. The van der Waals surface area contributed by atoms with E-state index in [-0.39, 0.29) is 6.10 Å². The summed E-state index contributed by atoms with van der Waals surface area (Å²) in [6.45, 7) is 1.77. The van der Waals surface area contributed by atoms with Crippen molar-refractivity contribution in [1.29, 1.82) is 0 Å². The molecule has 0 aliphatic rings. The molecule has 7 heteroatoms. The van der Waals surface area contributed by atoms with Crippen LogP contribution < -0.4 is 5.32 Å². The van der Waals surface area contributed by atoms with Crippen LogP contribution in [0, 0.1) is 0 Å². The predicted molar refractivity (Wildman–Crippen MR) is 70.3 cm³/mol. The van der Waals surface area contributed by atoms with Crippen molar-refractivity contribution in [2.45, 2.75) is 13.0 Å². The van der Waals surface area contributed by atoms with E-state index in [0.717, 1.165) is 5.56 Å². The average molecular weight is 281 g/mol. The van der Waals surface area contributed by atoms with Crippen molar-refractivity contribution in [3.8, 4) is 5.82 Å². The number of rotatable bonds is 3. The van der Waals surface area contributed by atoms with Gasteiger partial charge in [-0.15, -0.1) is 0 Å². The predicted octanol–water partition coefficient (Wildman–Crippen LogP) is 2.34. The lowest BCUT2D eigenvalue weighted by atomic mass is 10.2. The van der Waals surface area contributed by atoms with Gasteiger partial charge in [-0.3, -0.25) is 0 Å². The Hall–Kier alpha value is -2.08. The normalized spacial score (nSPS) is 11.9. The van der Waals surface area contributed by atoms with E-state index in [0.29, 0.717) is 10.8 Å². The van der Waals surface area contributed by atoms with E-state index in [1.165, 1.54) is 13.2 Å². The zero-order chi connectivity index (χ0) is 13.8. The Morgan fingerprint density at radius 1 is 1.47 bits per heavy atom. The summed E-state index contributed by atoms with van der Waals surface area (Å²) in [5, 5.41) is 6.99. The Bertz CT molecular complexity index is 567. The van der Waals surface area contributed by atoms with E-state index in [9.17, 15) is 4.79 Å². The largest absolute Gasteiger partial charge is 0.442 e. The van der Waals surface area contributed by atoms with Crippen LogP contribution in [0.5, 0.6) is 0 Å². The SMILES string of the molecule is CNC(=O)O[C@@H](C)c1ccc(-n2cc(Cl)cn2)nc1. The van der Waals surface area contributed by atoms with Gasteiger partial charge in [0.15, 0.2) is 5.82 Å². The fraction of sp³-hybridized carbons (Fsp3) is 0.250. The van der Waals surface area contributed by atoms with Crippen LogP contribution in [0.1, 0.15) is 18.6 Å². The first-order valence-corrected chi connectivity index (χ1v) is 6.03. The minimum Gasteiger partial charge on any atom is -0.442 e. The van der Waals surface area contributed by atoms with Crippen molar-refractivity contribution in [3.63, 3.8) is 0 Å². The van der Waals surface area contributed by atoms with E-state index in [4.69, 9.17) is 16.3 Å². The lowest BCUT2D eigenvalue weighted by Crippen LogP contribution is -2.20. The Labute approximate surface area is 115 Å². The summed E-state index contributed by atoms with van der Waals surface area (Å²) in [4.78, 5) is 15.4. The van der Waals surface area contributed by atoms with Gasteiger partial charge in [0.2, 0.25) is 0 Å². The molecule has 2 rings (SSSR count). The number of nitrogens with zero attached hydrogens (tertiary/aromatic N) is 3. The summed E-state index contributed by atoms with van der Waals surface area (Å²) in [6.07, 6.45) is 3.99. The number of amides is 1. The van der Waals surface area contributed by atoms with Crippen molar-refractivity contribution in [3.05, 3.63) is 41.3 Å². The number of halogens is 1. The van der Waals surface area contributed by atoms with Crippen LogP contribution in [0.3, 0.4) is 0 Å². The molecule has 2 aromatic heterocycles. The maximum Gasteiger partial charge on any atom is 0.407 e. The van der Waals surface area contributed by atoms with E-state index >= 15 is 0 Å². The van der Waals surface area contributed by atoms with Gasteiger partial charge < -0.3 is 10.1 Å².